The average molecular weight is 260 g/mol. The van der Waals surface area contributed by atoms with Gasteiger partial charge in [0.1, 0.15) is 0 Å². The van der Waals surface area contributed by atoms with Crippen LogP contribution in [-0.2, 0) is 17.6 Å². The van der Waals surface area contributed by atoms with Crippen LogP contribution < -0.4 is 5.43 Å². The normalized spacial score (nSPS) is 21.9. The molecule has 0 bridgehead atoms. The van der Waals surface area contributed by atoms with Gasteiger partial charge in [0.2, 0.25) is 0 Å². The number of benzene rings is 1. The van der Waals surface area contributed by atoms with Crippen molar-refractivity contribution in [3.63, 3.8) is 0 Å². The molecule has 19 heavy (non-hydrogen) atoms. The maximum absolute atomic E-state index is 5.38. The van der Waals surface area contributed by atoms with Gasteiger partial charge >= 0.3 is 0 Å². The summed E-state index contributed by atoms with van der Waals surface area (Å²) in [6, 6.07) is 7.42. The maximum atomic E-state index is 5.38. The van der Waals surface area contributed by atoms with Crippen LogP contribution in [0.2, 0.25) is 0 Å². The molecule has 0 saturated carbocycles. The van der Waals surface area contributed by atoms with Gasteiger partial charge in [0.25, 0.3) is 0 Å². The predicted molar refractivity (Wildman–Crippen MR) is 77.0 cm³/mol. The smallest absolute Gasteiger partial charge is 0.0608 e. The molecular weight excluding hydrogens is 236 g/mol. The fourth-order valence-corrected chi connectivity index (χ4v) is 3.06. The van der Waals surface area contributed by atoms with Crippen LogP contribution in [0, 0.1) is 0 Å². The summed E-state index contributed by atoms with van der Waals surface area (Å²) in [5, 5.41) is 2.29. The molecule has 104 valence electrons. The lowest BCUT2D eigenvalue weighted by Gasteiger charge is -2.31. The summed E-state index contributed by atoms with van der Waals surface area (Å²) in [6.07, 6.45) is 5.23. The van der Waals surface area contributed by atoms with Crippen molar-refractivity contribution in [3.05, 3.63) is 34.9 Å². The Bertz CT molecular complexity index is 427. The zero-order valence-electron chi connectivity index (χ0n) is 11.8. The Hall–Kier alpha value is -0.900. The second-order valence-electron chi connectivity index (χ2n) is 5.69. The van der Waals surface area contributed by atoms with Crippen molar-refractivity contribution in [1.82, 2.24) is 10.4 Å². The molecular formula is C16H24N2O. The van der Waals surface area contributed by atoms with Crippen LogP contribution in [0.25, 0.3) is 0 Å². The summed E-state index contributed by atoms with van der Waals surface area (Å²) in [4.78, 5) is 0. The van der Waals surface area contributed by atoms with E-state index >= 15 is 0 Å². The van der Waals surface area contributed by atoms with Gasteiger partial charge in [0.15, 0.2) is 0 Å². The highest BCUT2D eigenvalue weighted by Gasteiger charge is 2.16. The number of ether oxygens (including phenoxy) is 1. The van der Waals surface area contributed by atoms with E-state index in [0.29, 0.717) is 6.04 Å². The van der Waals surface area contributed by atoms with Crippen molar-refractivity contribution in [1.29, 1.82) is 0 Å². The van der Waals surface area contributed by atoms with E-state index in [9.17, 15) is 0 Å². The third kappa shape index (κ3) is 3.16. The topological polar surface area (TPSA) is 24.5 Å². The first-order valence-corrected chi connectivity index (χ1v) is 7.53. The van der Waals surface area contributed by atoms with Crippen LogP contribution in [0.15, 0.2) is 18.2 Å². The zero-order chi connectivity index (χ0) is 13.1. The third-order valence-corrected chi connectivity index (χ3v) is 4.26. The number of hydrogen-bond donors (Lipinski definition) is 1. The fourth-order valence-electron chi connectivity index (χ4n) is 3.06. The third-order valence-electron chi connectivity index (χ3n) is 4.26. The summed E-state index contributed by atoms with van der Waals surface area (Å²) < 4.78 is 5.38. The Morgan fingerprint density at radius 2 is 1.84 bits per heavy atom. The van der Waals surface area contributed by atoms with Crippen molar-refractivity contribution < 1.29 is 4.74 Å². The SMILES string of the molecule is CC(NN1CCOCC1)c1ccc2c(c1)CCCC2. The molecule has 1 fully saturated rings. The van der Waals surface area contributed by atoms with E-state index < -0.39 is 0 Å². The highest BCUT2D eigenvalue weighted by atomic mass is 16.5. The molecule has 1 heterocycles. The molecule has 1 aromatic carbocycles. The molecule has 0 spiro atoms. The van der Waals surface area contributed by atoms with E-state index in [2.05, 4.69) is 35.6 Å². The molecule has 1 atom stereocenters. The molecule has 1 aliphatic carbocycles. The average Bonchev–Trinajstić information content (AvgIpc) is 2.48. The van der Waals surface area contributed by atoms with E-state index in [0.717, 1.165) is 26.3 Å². The second kappa shape index (κ2) is 6.04. The molecule has 2 aliphatic rings. The van der Waals surface area contributed by atoms with Crippen LogP contribution in [0.3, 0.4) is 0 Å². The van der Waals surface area contributed by atoms with Crippen LogP contribution in [0.5, 0.6) is 0 Å². The van der Waals surface area contributed by atoms with Crippen LogP contribution in [0.4, 0.5) is 0 Å². The number of aryl methyl sites for hydroxylation is 2. The number of nitrogens with zero attached hydrogens (tertiary/aromatic N) is 1. The van der Waals surface area contributed by atoms with E-state index in [1.165, 1.54) is 31.2 Å². The number of morpholine rings is 1. The molecule has 3 heteroatoms. The van der Waals surface area contributed by atoms with Gasteiger partial charge in [-0.2, -0.15) is 0 Å². The van der Waals surface area contributed by atoms with Gasteiger partial charge < -0.3 is 4.74 Å². The van der Waals surface area contributed by atoms with Crippen molar-refractivity contribution in [3.8, 4) is 0 Å². The lowest BCUT2D eigenvalue weighted by Crippen LogP contribution is -2.46. The molecule has 1 N–H and O–H groups in total. The minimum atomic E-state index is 0.380. The number of nitrogens with one attached hydrogen (secondary N) is 1. The summed E-state index contributed by atoms with van der Waals surface area (Å²) in [7, 11) is 0. The predicted octanol–water partition coefficient (Wildman–Crippen LogP) is 2.46. The van der Waals surface area contributed by atoms with Crippen molar-refractivity contribution >= 4 is 0 Å². The van der Waals surface area contributed by atoms with Gasteiger partial charge in [0.05, 0.1) is 13.2 Å². The van der Waals surface area contributed by atoms with Crippen LogP contribution in [-0.4, -0.2) is 31.3 Å². The lowest BCUT2D eigenvalue weighted by molar-refractivity contribution is 0.00484. The largest absolute Gasteiger partial charge is 0.379 e. The number of rotatable bonds is 3. The molecule has 1 unspecified atom stereocenters. The summed E-state index contributed by atoms with van der Waals surface area (Å²) in [6.45, 7) is 5.89. The highest BCUT2D eigenvalue weighted by molar-refractivity contribution is 5.35. The van der Waals surface area contributed by atoms with Gasteiger partial charge in [-0.25, -0.2) is 10.4 Å². The minimum Gasteiger partial charge on any atom is -0.379 e. The Labute approximate surface area is 115 Å². The van der Waals surface area contributed by atoms with Gasteiger partial charge in [-0.1, -0.05) is 18.2 Å². The standard InChI is InChI=1S/C16H24N2O/c1-13(17-18-8-10-19-11-9-18)15-7-6-14-4-2-3-5-16(14)12-15/h6-7,12-13,17H,2-5,8-11H2,1H3. The monoisotopic (exact) mass is 260 g/mol. The quantitative estimate of drug-likeness (QED) is 0.903. The van der Waals surface area contributed by atoms with Gasteiger partial charge in [-0.15, -0.1) is 0 Å². The first-order valence-electron chi connectivity index (χ1n) is 7.53. The van der Waals surface area contributed by atoms with Crippen LogP contribution in [0.1, 0.15) is 42.5 Å². The first-order chi connectivity index (χ1) is 9.33. The molecule has 3 rings (SSSR count). The van der Waals surface area contributed by atoms with E-state index in [4.69, 9.17) is 4.74 Å². The minimum absolute atomic E-state index is 0.380. The van der Waals surface area contributed by atoms with E-state index in [1.54, 1.807) is 11.1 Å². The van der Waals surface area contributed by atoms with Crippen molar-refractivity contribution in [2.45, 2.75) is 38.6 Å². The van der Waals surface area contributed by atoms with Gasteiger partial charge in [-0.05, 0) is 49.3 Å². The molecule has 0 radical (unpaired) electrons. The molecule has 0 aromatic heterocycles. The Morgan fingerprint density at radius 1 is 1.11 bits per heavy atom. The molecule has 0 amide bonds. The first kappa shape index (κ1) is 13.1. The lowest BCUT2D eigenvalue weighted by atomic mass is 9.89. The zero-order valence-corrected chi connectivity index (χ0v) is 11.8. The number of fused-ring (bicyclic) bond motifs is 1. The number of hydrogen-bond acceptors (Lipinski definition) is 3. The van der Waals surface area contributed by atoms with Crippen molar-refractivity contribution in [2.75, 3.05) is 26.3 Å². The van der Waals surface area contributed by atoms with Gasteiger partial charge in [-0.3, -0.25) is 0 Å². The van der Waals surface area contributed by atoms with E-state index in [1.807, 2.05) is 0 Å². The summed E-state index contributed by atoms with van der Waals surface area (Å²) >= 11 is 0. The second-order valence-corrected chi connectivity index (χ2v) is 5.69. The maximum Gasteiger partial charge on any atom is 0.0608 e. The Balaban J connectivity index is 1.67. The Kier molecular flexibility index (Phi) is 4.16. The molecule has 3 nitrogen and oxygen atoms in total. The Morgan fingerprint density at radius 3 is 2.63 bits per heavy atom. The summed E-state index contributed by atoms with van der Waals surface area (Å²) in [5.74, 6) is 0. The van der Waals surface area contributed by atoms with Gasteiger partial charge in [0, 0.05) is 19.1 Å². The van der Waals surface area contributed by atoms with Crippen molar-refractivity contribution in [2.24, 2.45) is 0 Å². The number of hydrazine groups is 1. The highest BCUT2D eigenvalue weighted by Crippen LogP contribution is 2.24. The molecule has 1 aliphatic heterocycles. The summed E-state index contributed by atoms with van der Waals surface area (Å²) in [5.41, 5.74) is 8.14. The fraction of sp³-hybridized carbons (Fsp3) is 0.625. The van der Waals surface area contributed by atoms with E-state index in [-0.39, 0.29) is 0 Å². The molecule has 1 aromatic rings. The molecule has 1 saturated heterocycles. The van der Waals surface area contributed by atoms with Crippen LogP contribution >= 0.6 is 0 Å².